The number of H-pyrrole nitrogens is 1. The van der Waals surface area contributed by atoms with E-state index in [0.717, 1.165) is 11.9 Å². The maximum atomic E-state index is 12.5. The molecule has 0 bridgehead atoms. The Balaban J connectivity index is 1.69. The molecule has 2 heterocycles. The fourth-order valence-electron chi connectivity index (χ4n) is 2.48. The second-order valence-electron chi connectivity index (χ2n) is 5.45. The van der Waals surface area contributed by atoms with Crippen LogP contribution < -0.4 is 0 Å². The average molecular weight is 370 g/mol. The number of sulfonamides is 1. The molecule has 0 unspecified atom stereocenters. The van der Waals surface area contributed by atoms with Crippen molar-refractivity contribution in [2.45, 2.75) is 12.1 Å². The van der Waals surface area contributed by atoms with Crippen LogP contribution in [-0.4, -0.2) is 64.9 Å². The van der Waals surface area contributed by atoms with Crippen LogP contribution in [0.4, 0.5) is 0 Å². The second-order valence-corrected chi connectivity index (χ2v) is 7.71. The Labute approximate surface area is 144 Å². The molecule has 1 N–H and O–H groups in total. The van der Waals surface area contributed by atoms with Gasteiger partial charge in [0.05, 0.1) is 0 Å². The van der Waals surface area contributed by atoms with Crippen LogP contribution in [-0.2, 0) is 10.0 Å². The van der Waals surface area contributed by atoms with Crippen molar-refractivity contribution in [3.05, 3.63) is 40.7 Å². The molecule has 1 fully saturated rings. The summed E-state index contributed by atoms with van der Waals surface area (Å²) in [6.07, 6.45) is 1.15. The Kier molecular flexibility index (Phi) is 4.57. The van der Waals surface area contributed by atoms with Crippen LogP contribution in [0, 0.1) is 6.92 Å². The van der Waals surface area contributed by atoms with E-state index in [0.29, 0.717) is 23.7 Å². The lowest BCUT2D eigenvalue weighted by atomic mass is 10.1. The number of amides is 1. The van der Waals surface area contributed by atoms with Crippen LogP contribution in [0.1, 0.15) is 15.9 Å². The number of aromatic nitrogens is 3. The van der Waals surface area contributed by atoms with Crippen molar-refractivity contribution in [3.8, 4) is 0 Å². The van der Waals surface area contributed by atoms with Gasteiger partial charge in [0.2, 0.25) is 0 Å². The first-order chi connectivity index (χ1) is 11.4. The van der Waals surface area contributed by atoms with Gasteiger partial charge in [0, 0.05) is 36.8 Å². The molecule has 1 aromatic carbocycles. The molecule has 8 nitrogen and oxygen atoms in total. The van der Waals surface area contributed by atoms with Crippen LogP contribution in [0.3, 0.4) is 0 Å². The molecule has 128 valence electrons. The summed E-state index contributed by atoms with van der Waals surface area (Å²) in [5.74, 6) is -0.159. The van der Waals surface area contributed by atoms with Gasteiger partial charge in [-0.3, -0.25) is 4.79 Å². The Hall–Kier alpha value is -1.97. The largest absolute Gasteiger partial charge is 0.336 e. The van der Waals surface area contributed by atoms with Gasteiger partial charge in [0.25, 0.3) is 21.1 Å². The Morgan fingerprint density at radius 2 is 1.96 bits per heavy atom. The van der Waals surface area contributed by atoms with E-state index in [1.165, 1.54) is 4.31 Å². The molecule has 1 aliphatic heterocycles. The minimum atomic E-state index is -3.70. The molecule has 0 saturated carbocycles. The van der Waals surface area contributed by atoms with E-state index in [9.17, 15) is 13.2 Å². The summed E-state index contributed by atoms with van der Waals surface area (Å²) < 4.78 is 26.0. The summed E-state index contributed by atoms with van der Waals surface area (Å²) in [5.41, 5.74) is 1.40. The summed E-state index contributed by atoms with van der Waals surface area (Å²) >= 11 is 6.06. The molecule has 1 aromatic heterocycles. The van der Waals surface area contributed by atoms with Gasteiger partial charge in [0.15, 0.2) is 0 Å². The first-order valence-electron chi connectivity index (χ1n) is 7.30. The molecule has 3 rings (SSSR count). The lowest BCUT2D eigenvalue weighted by Crippen LogP contribution is -2.50. The van der Waals surface area contributed by atoms with Gasteiger partial charge in [-0.2, -0.15) is 9.40 Å². The quantitative estimate of drug-likeness (QED) is 0.867. The topological polar surface area (TPSA) is 99.3 Å². The number of nitrogens with one attached hydrogen (secondary N) is 1. The molecule has 0 radical (unpaired) electrons. The predicted octanol–water partition coefficient (Wildman–Crippen LogP) is 0.913. The number of carbonyl (C=O) groups excluding carboxylic acids is 1. The molecule has 1 amide bonds. The third-order valence-electron chi connectivity index (χ3n) is 3.92. The van der Waals surface area contributed by atoms with Crippen LogP contribution >= 0.6 is 11.6 Å². The van der Waals surface area contributed by atoms with Crippen molar-refractivity contribution in [1.82, 2.24) is 24.4 Å². The van der Waals surface area contributed by atoms with Crippen molar-refractivity contribution in [1.29, 1.82) is 0 Å². The molecule has 0 atom stereocenters. The van der Waals surface area contributed by atoms with Crippen molar-refractivity contribution in [3.63, 3.8) is 0 Å². The smallest absolute Gasteiger partial charge is 0.278 e. The molecular weight excluding hydrogens is 354 g/mol. The molecule has 0 spiro atoms. The zero-order chi connectivity index (χ0) is 17.3. The highest BCUT2D eigenvalue weighted by atomic mass is 35.5. The monoisotopic (exact) mass is 369 g/mol. The highest BCUT2D eigenvalue weighted by molar-refractivity contribution is 7.88. The lowest BCUT2D eigenvalue weighted by Gasteiger charge is -2.33. The minimum Gasteiger partial charge on any atom is -0.336 e. The van der Waals surface area contributed by atoms with Gasteiger partial charge in [-0.1, -0.05) is 17.7 Å². The normalized spacial score (nSPS) is 16.3. The molecule has 24 heavy (non-hydrogen) atoms. The van der Waals surface area contributed by atoms with Gasteiger partial charge in [0.1, 0.15) is 6.33 Å². The number of aryl methyl sites for hydroxylation is 1. The van der Waals surface area contributed by atoms with Gasteiger partial charge in [-0.25, -0.2) is 18.5 Å². The van der Waals surface area contributed by atoms with Crippen molar-refractivity contribution in [2.24, 2.45) is 0 Å². The number of nitrogens with zero attached hydrogens (tertiary/aromatic N) is 4. The van der Waals surface area contributed by atoms with Gasteiger partial charge in [-0.15, -0.1) is 0 Å². The summed E-state index contributed by atoms with van der Waals surface area (Å²) in [5, 5.41) is 6.27. The number of carbonyl (C=O) groups is 1. The first-order valence-corrected chi connectivity index (χ1v) is 9.12. The molecule has 10 heteroatoms. The standard InChI is InChI=1S/C14H16ClN5O3S/c1-10-2-3-11(8-12(10)15)13(21)19-4-6-20(7-5-19)24(22,23)14-16-9-17-18-14/h2-3,8-9H,4-7H2,1H3,(H,16,17,18). The van der Waals surface area contributed by atoms with Crippen LogP contribution in [0.25, 0.3) is 0 Å². The number of benzene rings is 1. The third kappa shape index (κ3) is 3.14. The molecule has 1 aliphatic rings. The molecule has 2 aromatic rings. The number of halogens is 1. The van der Waals surface area contributed by atoms with Crippen LogP contribution in [0.2, 0.25) is 5.02 Å². The van der Waals surface area contributed by atoms with Crippen LogP contribution in [0.5, 0.6) is 0 Å². The molecular formula is C14H16ClN5O3S. The van der Waals surface area contributed by atoms with E-state index in [4.69, 9.17) is 11.6 Å². The highest BCUT2D eigenvalue weighted by Gasteiger charge is 2.32. The zero-order valence-corrected chi connectivity index (χ0v) is 14.5. The van der Waals surface area contributed by atoms with Crippen LogP contribution in [0.15, 0.2) is 29.7 Å². The maximum Gasteiger partial charge on any atom is 0.278 e. The SMILES string of the molecule is Cc1ccc(C(=O)N2CCN(S(=O)(=O)c3ncn[nH]3)CC2)cc1Cl. The average Bonchev–Trinajstić information content (AvgIpc) is 3.12. The second kappa shape index (κ2) is 6.50. The summed E-state index contributed by atoms with van der Waals surface area (Å²) in [4.78, 5) is 17.8. The Morgan fingerprint density at radius 3 is 2.54 bits per heavy atom. The number of hydrogen-bond acceptors (Lipinski definition) is 5. The van der Waals surface area contributed by atoms with Gasteiger partial charge >= 0.3 is 0 Å². The van der Waals surface area contributed by atoms with E-state index >= 15 is 0 Å². The first kappa shape index (κ1) is 16.9. The summed E-state index contributed by atoms with van der Waals surface area (Å²) in [6.45, 7) is 2.88. The number of rotatable bonds is 3. The predicted molar refractivity (Wildman–Crippen MR) is 87.2 cm³/mol. The van der Waals surface area contributed by atoms with Crippen molar-refractivity contribution in [2.75, 3.05) is 26.2 Å². The lowest BCUT2D eigenvalue weighted by molar-refractivity contribution is 0.0697. The minimum absolute atomic E-state index is 0.159. The van der Waals surface area contributed by atoms with E-state index in [-0.39, 0.29) is 24.2 Å². The number of hydrogen-bond donors (Lipinski definition) is 1. The van der Waals surface area contributed by atoms with E-state index in [1.807, 2.05) is 6.92 Å². The number of piperazine rings is 1. The van der Waals surface area contributed by atoms with Gasteiger partial charge in [-0.05, 0) is 24.6 Å². The third-order valence-corrected chi connectivity index (χ3v) is 6.06. The van der Waals surface area contributed by atoms with Crippen molar-refractivity contribution >= 4 is 27.5 Å². The van der Waals surface area contributed by atoms with E-state index < -0.39 is 10.0 Å². The maximum absolute atomic E-state index is 12.5. The molecule has 0 aliphatic carbocycles. The van der Waals surface area contributed by atoms with E-state index in [2.05, 4.69) is 15.2 Å². The summed E-state index contributed by atoms with van der Waals surface area (Å²) in [7, 11) is -3.70. The summed E-state index contributed by atoms with van der Waals surface area (Å²) in [6, 6.07) is 5.15. The number of aromatic amines is 1. The fourth-order valence-corrected chi connectivity index (χ4v) is 3.90. The van der Waals surface area contributed by atoms with Gasteiger partial charge < -0.3 is 4.90 Å². The Morgan fingerprint density at radius 1 is 1.25 bits per heavy atom. The zero-order valence-electron chi connectivity index (χ0n) is 12.9. The highest BCUT2D eigenvalue weighted by Crippen LogP contribution is 2.19. The Bertz CT molecular complexity index is 845. The molecule has 1 saturated heterocycles. The fraction of sp³-hybridized carbons (Fsp3) is 0.357. The van der Waals surface area contributed by atoms with E-state index in [1.54, 1.807) is 23.1 Å². The van der Waals surface area contributed by atoms with Crippen molar-refractivity contribution < 1.29 is 13.2 Å².